The van der Waals surface area contributed by atoms with Crippen molar-refractivity contribution >= 4 is 65.2 Å². The van der Waals surface area contributed by atoms with Crippen LogP contribution in [0.4, 0.5) is 0 Å². The van der Waals surface area contributed by atoms with Gasteiger partial charge < -0.3 is 9.13 Å². The van der Waals surface area contributed by atoms with E-state index < -0.39 is 0 Å². The summed E-state index contributed by atoms with van der Waals surface area (Å²) < 4.78 is 4.98. The molecular weight excluding hydrogens is 779 g/mol. The van der Waals surface area contributed by atoms with Gasteiger partial charge in [0.25, 0.3) is 0 Å². The van der Waals surface area contributed by atoms with Crippen LogP contribution in [0.5, 0.6) is 0 Å². The number of rotatable bonds is 6. The Bertz CT molecular complexity index is 3940. The molecule has 0 unspecified atom stereocenters. The highest BCUT2D eigenvalue weighted by molar-refractivity contribution is 6.23. The van der Waals surface area contributed by atoms with Crippen molar-refractivity contribution in [3.8, 4) is 56.7 Å². The lowest BCUT2D eigenvalue weighted by Crippen LogP contribution is -2.03. The maximum absolute atomic E-state index is 5.16. The van der Waals surface area contributed by atoms with Crippen molar-refractivity contribution in [1.29, 1.82) is 0 Å². The smallest absolute Gasteiger partial charge is 0.164 e. The minimum Gasteiger partial charge on any atom is -0.307 e. The van der Waals surface area contributed by atoms with Crippen LogP contribution < -0.4 is 0 Å². The second kappa shape index (κ2) is 14.5. The monoisotopic (exact) mass is 815 g/mol. The molecule has 0 fully saturated rings. The van der Waals surface area contributed by atoms with Gasteiger partial charge in [-0.3, -0.25) is 0 Å². The van der Waals surface area contributed by atoms with Gasteiger partial charge in [-0.1, -0.05) is 176 Å². The van der Waals surface area contributed by atoms with Crippen LogP contribution >= 0.6 is 0 Å². The van der Waals surface area contributed by atoms with Crippen molar-refractivity contribution < 1.29 is 0 Å². The van der Waals surface area contributed by atoms with E-state index in [9.17, 15) is 0 Å². The fourth-order valence-corrected chi connectivity index (χ4v) is 9.80. The highest BCUT2D eigenvalue weighted by atomic mass is 15.1. The zero-order valence-electron chi connectivity index (χ0n) is 34.6. The molecule has 298 valence electrons. The van der Waals surface area contributed by atoms with Gasteiger partial charge in [0.1, 0.15) is 0 Å². The lowest BCUT2D eigenvalue weighted by Gasteiger charge is -2.18. The van der Waals surface area contributed by atoms with Gasteiger partial charge in [0.15, 0.2) is 17.5 Å². The number of fused-ring (bicyclic) bond motifs is 9. The van der Waals surface area contributed by atoms with Crippen molar-refractivity contribution in [2.45, 2.75) is 0 Å². The van der Waals surface area contributed by atoms with Crippen LogP contribution in [-0.4, -0.2) is 24.1 Å². The van der Waals surface area contributed by atoms with Gasteiger partial charge in [0, 0.05) is 54.7 Å². The Hall–Kier alpha value is -8.67. The van der Waals surface area contributed by atoms with Crippen LogP contribution in [0.15, 0.2) is 224 Å². The third kappa shape index (κ3) is 5.68. The molecule has 5 nitrogen and oxygen atoms in total. The molecule has 0 spiro atoms. The summed E-state index contributed by atoms with van der Waals surface area (Å²) in [6.45, 7) is 0. The largest absolute Gasteiger partial charge is 0.307 e. The molecule has 13 aromatic rings. The zero-order valence-corrected chi connectivity index (χ0v) is 34.6. The predicted octanol–water partition coefficient (Wildman–Crippen LogP) is 15.0. The van der Waals surface area contributed by atoms with Crippen molar-refractivity contribution in [3.05, 3.63) is 224 Å². The first-order valence-corrected chi connectivity index (χ1v) is 21.7. The third-order valence-electron chi connectivity index (χ3n) is 12.7. The Labute approximate surface area is 368 Å². The van der Waals surface area contributed by atoms with Crippen LogP contribution in [-0.2, 0) is 0 Å². The molecule has 0 saturated heterocycles. The van der Waals surface area contributed by atoms with Crippen molar-refractivity contribution in [1.82, 2.24) is 24.1 Å². The molecule has 10 aromatic carbocycles. The summed E-state index contributed by atoms with van der Waals surface area (Å²) in [6.07, 6.45) is 0. The molecule has 0 aliphatic carbocycles. The van der Waals surface area contributed by atoms with Crippen LogP contribution in [0.25, 0.3) is 122 Å². The van der Waals surface area contributed by atoms with E-state index in [1.54, 1.807) is 0 Å². The maximum Gasteiger partial charge on any atom is 0.164 e. The van der Waals surface area contributed by atoms with Crippen LogP contribution in [0.1, 0.15) is 0 Å². The summed E-state index contributed by atoms with van der Waals surface area (Å²) in [6, 6.07) is 79.9. The summed E-state index contributed by atoms with van der Waals surface area (Å²) in [5, 5.41) is 9.70. The molecule has 0 radical (unpaired) electrons. The first-order valence-electron chi connectivity index (χ1n) is 21.7. The molecule has 0 saturated carbocycles. The van der Waals surface area contributed by atoms with Crippen LogP contribution in [0.3, 0.4) is 0 Å². The Morgan fingerprint density at radius 2 is 0.781 bits per heavy atom. The van der Waals surface area contributed by atoms with Crippen LogP contribution in [0.2, 0.25) is 0 Å². The lowest BCUT2D eigenvalue weighted by molar-refractivity contribution is 1.07. The van der Waals surface area contributed by atoms with E-state index in [2.05, 4.69) is 209 Å². The first kappa shape index (κ1) is 36.0. The summed E-state index contributed by atoms with van der Waals surface area (Å²) >= 11 is 0. The number of nitrogens with zero attached hydrogens (tertiary/aromatic N) is 5. The van der Waals surface area contributed by atoms with E-state index in [0.717, 1.165) is 50.2 Å². The van der Waals surface area contributed by atoms with Gasteiger partial charge in [-0.05, 0) is 70.4 Å². The average molecular weight is 816 g/mol. The zero-order chi connectivity index (χ0) is 42.1. The van der Waals surface area contributed by atoms with Crippen molar-refractivity contribution in [3.63, 3.8) is 0 Å². The fraction of sp³-hybridized carbons (Fsp3) is 0. The van der Waals surface area contributed by atoms with E-state index >= 15 is 0 Å². The number of benzene rings is 10. The van der Waals surface area contributed by atoms with Crippen molar-refractivity contribution in [2.24, 2.45) is 0 Å². The second-order valence-electron chi connectivity index (χ2n) is 16.4. The minimum atomic E-state index is 0.617. The first-order chi connectivity index (χ1) is 31.7. The molecular formula is C59H37N5. The van der Waals surface area contributed by atoms with Gasteiger partial charge in [-0.2, -0.15) is 0 Å². The number of hydrogen-bond donors (Lipinski definition) is 0. The Morgan fingerprint density at radius 3 is 1.50 bits per heavy atom. The molecule has 0 amide bonds. The molecule has 0 N–H and O–H groups in total. The molecule has 0 aliphatic heterocycles. The van der Waals surface area contributed by atoms with Gasteiger partial charge >= 0.3 is 0 Å². The summed E-state index contributed by atoms with van der Waals surface area (Å²) in [7, 11) is 0. The molecule has 13 rings (SSSR count). The molecule has 5 heteroatoms. The van der Waals surface area contributed by atoms with Gasteiger partial charge in [0.2, 0.25) is 0 Å². The van der Waals surface area contributed by atoms with E-state index in [1.165, 1.54) is 54.1 Å². The van der Waals surface area contributed by atoms with Crippen LogP contribution in [0, 0.1) is 0 Å². The molecule has 0 atom stereocenters. The fourth-order valence-electron chi connectivity index (χ4n) is 9.80. The third-order valence-corrected chi connectivity index (χ3v) is 12.7. The van der Waals surface area contributed by atoms with E-state index in [-0.39, 0.29) is 0 Å². The summed E-state index contributed by atoms with van der Waals surface area (Å²) in [5.74, 6) is 1.88. The molecule has 0 aliphatic rings. The summed E-state index contributed by atoms with van der Waals surface area (Å²) in [4.78, 5) is 15.3. The highest BCUT2D eigenvalue weighted by Crippen LogP contribution is 2.44. The predicted molar refractivity (Wildman–Crippen MR) is 265 cm³/mol. The minimum absolute atomic E-state index is 0.617. The average Bonchev–Trinajstić information content (AvgIpc) is 3.89. The quantitative estimate of drug-likeness (QED) is 0.168. The number of hydrogen-bond acceptors (Lipinski definition) is 3. The SMILES string of the molecule is c1ccc(-c2cccc(-c3nc(-c4ccccc4)nc(-c4ccc(-n5c6ccccc6c6cc7ccccc7c(-n7c8ccccc8c8ccc9ccccc9c87)c65)cc4)n3)c2)cc1. The van der Waals surface area contributed by atoms with E-state index in [0.29, 0.717) is 17.5 Å². The topological polar surface area (TPSA) is 48.5 Å². The van der Waals surface area contributed by atoms with E-state index in [4.69, 9.17) is 15.0 Å². The Morgan fingerprint density at radius 1 is 0.266 bits per heavy atom. The second-order valence-corrected chi connectivity index (χ2v) is 16.4. The van der Waals surface area contributed by atoms with Gasteiger partial charge in [0.05, 0.1) is 27.8 Å². The lowest BCUT2D eigenvalue weighted by atomic mass is 10.0. The normalized spacial score (nSPS) is 11.8. The standard InChI is InChI=1S/C59H37N5/c1-3-16-38(17-4-1)42-22-15-23-44(36-42)59-61-57(40-19-5-2-6-20-40)60-58(62-59)41-30-33-45(34-31-41)63-52-28-13-12-27-49(52)51-37-43-21-8-10-25-47(43)55(56(51)63)64-53-29-14-11-26-48(53)50-35-32-39-18-7-9-24-46(39)54(50)64/h1-37H. The number of para-hydroxylation sites is 2. The van der Waals surface area contributed by atoms with E-state index in [1.807, 2.05) is 24.3 Å². The highest BCUT2D eigenvalue weighted by Gasteiger charge is 2.24. The Kier molecular flexibility index (Phi) is 8.15. The van der Waals surface area contributed by atoms with Gasteiger partial charge in [-0.25, -0.2) is 15.0 Å². The molecule has 0 bridgehead atoms. The Balaban J connectivity index is 1.05. The number of aromatic nitrogens is 5. The summed E-state index contributed by atoms with van der Waals surface area (Å²) in [5.41, 5.74) is 11.9. The molecule has 3 heterocycles. The van der Waals surface area contributed by atoms with Gasteiger partial charge in [-0.15, -0.1) is 0 Å². The maximum atomic E-state index is 5.16. The molecule has 3 aromatic heterocycles. The van der Waals surface area contributed by atoms with Crippen molar-refractivity contribution in [2.75, 3.05) is 0 Å². The molecule has 64 heavy (non-hydrogen) atoms.